The maximum absolute atomic E-state index is 3.78. The van der Waals surface area contributed by atoms with Crippen LogP contribution in [0.4, 0.5) is 0 Å². The van der Waals surface area contributed by atoms with Gasteiger partial charge in [0.05, 0.1) is 0 Å². The van der Waals surface area contributed by atoms with Crippen molar-refractivity contribution in [2.75, 3.05) is 0 Å². The van der Waals surface area contributed by atoms with Crippen LogP contribution in [0.5, 0.6) is 0 Å². The first kappa shape index (κ1) is 12.3. The van der Waals surface area contributed by atoms with Gasteiger partial charge in [0, 0.05) is 0 Å². The Kier molecular flexibility index (Phi) is 3.96. The summed E-state index contributed by atoms with van der Waals surface area (Å²) < 4.78 is 0. The minimum absolute atomic E-state index is 0.385. The Balaban J connectivity index is 2.93. The minimum atomic E-state index is 0.385. The SMILES string of the molecule is C=CC(C)=CC=C1C(C)CCCC1(C)C. The van der Waals surface area contributed by atoms with Gasteiger partial charge in [-0.15, -0.1) is 0 Å². The quantitative estimate of drug-likeness (QED) is 0.562. The fourth-order valence-electron chi connectivity index (χ4n) is 2.50. The minimum Gasteiger partial charge on any atom is -0.0988 e. The van der Waals surface area contributed by atoms with Crippen LogP contribution in [-0.2, 0) is 0 Å². The van der Waals surface area contributed by atoms with Crippen LogP contribution in [-0.4, -0.2) is 0 Å². The first-order chi connectivity index (χ1) is 6.97. The molecule has 1 aliphatic rings. The molecule has 0 aromatic heterocycles. The lowest BCUT2D eigenvalue weighted by Gasteiger charge is -2.37. The van der Waals surface area contributed by atoms with Crippen LogP contribution in [0.2, 0.25) is 0 Å². The molecule has 1 aliphatic carbocycles. The zero-order chi connectivity index (χ0) is 11.5. The second kappa shape index (κ2) is 4.83. The zero-order valence-corrected chi connectivity index (χ0v) is 10.6. The average Bonchev–Trinajstić information content (AvgIpc) is 2.15. The molecule has 0 N–H and O–H groups in total. The second-order valence-corrected chi connectivity index (χ2v) is 5.41. The highest BCUT2D eigenvalue weighted by Crippen LogP contribution is 2.43. The van der Waals surface area contributed by atoms with Crippen molar-refractivity contribution < 1.29 is 0 Å². The van der Waals surface area contributed by atoms with Crippen LogP contribution < -0.4 is 0 Å². The molecule has 0 nitrogen and oxygen atoms in total. The van der Waals surface area contributed by atoms with Gasteiger partial charge < -0.3 is 0 Å². The van der Waals surface area contributed by atoms with E-state index in [1.165, 1.54) is 24.8 Å². The molecule has 0 heterocycles. The van der Waals surface area contributed by atoms with E-state index in [0.717, 1.165) is 5.92 Å². The molecule has 0 aliphatic heterocycles. The summed E-state index contributed by atoms with van der Waals surface area (Å²) in [6, 6.07) is 0. The molecule has 1 unspecified atom stereocenters. The molecule has 1 saturated carbocycles. The molecule has 0 saturated heterocycles. The number of allylic oxidation sites excluding steroid dienone is 5. The third-order valence-electron chi connectivity index (χ3n) is 3.60. The van der Waals surface area contributed by atoms with Crippen molar-refractivity contribution in [2.45, 2.75) is 47.0 Å². The molecule has 0 spiro atoms. The lowest BCUT2D eigenvalue weighted by molar-refractivity contribution is 0.290. The Morgan fingerprint density at radius 3 is 2.67 bits per heavy atom. The summed E-state index contributed by atoms with van der Waals surface area (Å²) in [5.74, 6) is 0.739. The van der Waals surface area contributed by atoms with Gasteiger partial charge in [0.25, 0.3) is 0 Å². The van der Waals surface area contributed by atoms with Crippen molar-refractivity contribution in [3.8, 4) is 0 Å². The fourth-order valence-corrected chi connectivity index (χ4v) is 2.50. The van der Waals surface area contributed by atoms with Gasteiger partial charge in [0.2, 0.25) is 0 Å². The van der Waals surface area contributed by atoms with E-state index in [9.17, 15) is 0 Å². The molecule has 0 bridgehead atoms. The van der Waals surface area contributed by atoms with E-state index in [1.54, 1.807) is 5.57 Å². The molecule has 0 aromatic rings. The predicted octanol–water partition coefficient (Wildman–Crippen LogP) is 4.89. The highest BCUT2D eigenvalue weighted by molar-refractivity contribution is 5.27. The van der Waals surface area contributed by atoms with E-state index < -0.39 is 0 Å². The van der Waals surface area contributed by atoms with Gasteiger partial charge in [-0.05, 0) is 31.1 Å². The summed E-state index contributed by atoms with van der Waals surface area (Å²) >= 11 is 0. The van der Waals surface area contributed by atoms with Crippen LogP contribution in [0.25, 0.3) is 0 Å². The molecule has 0 aromatic carbocycles. The first-order valence-electron chi connectivity index (χ1n) is 5.99. The second-order valence-electron chi connectivity index (χ2n) is 5.41. The molecule has 1 rings (SSSR count). The van der Waals surface area contributed by atoms with Crippen molar-refractivity contribution in [1.82, 2.24) is 0 Å². The van der Waals surface area contributed by atoms with Crippen LogP contribution in [0.3, 0.4) is 0 Å². The van der Waals surface area contributed by atoms with E-state index in [-0.39, 0.29) is 0 Å². The lowest BCUT2D eigenvalue weighted by atomic mass is 9.68. The van der Waals surface area contributed by atoms with Crippen molar-refractivity contribution in [3.05, 3.63) is 36.0 Å². The maximum Gasteiger partial charge on any atom is -0.0139 e. The highest BCUT2D eigenvalue weighted by Gasteiger charge is 2.30. The molecule has 84 valence electrons. The highest BCUT2D eigenvalue weighted by atomic mass is 14.3. The van der Waals surface area contributed by atoms with Gasteiger partial charge in [0.1, 0.15) is 0 Å². The van der Waals surface area contributed by atoms with Gasteiger partial charge in [-0.2, -0.15) is 0 Å². The van der Waals surface area contributed by atoms with Gasteiger partial charge in [-0.3, -0.25) is 0 Å². The van der Waals surface area contributed by atoms with Crippen molar-refractivity contribution in [3.63, 3.8) is 0 Å². The summed E-state index contributed by atoms with van der Waals surface area (Å²) in [5, 5.41) is 0. The number of rotatable bonds is 2. The van der Waals surface area contributed by atoms with Crippen molar-refractivity contribution in [1.29, 1.82) is 0 Å². The topological polar surface area (TPSA) is 0 Å². The molecule has 15 heavy (non-hydrogen) atoms. The van der Waals surface area contributed by atoms with E-state index in [0.29, 0.717) is 5.41 Å². The summed E-state index contributed by atoms with van der Waals surface area (Å²) in [4.78, 5) is 0. The molecular formula is C15H24. The summed E-state index contributed by atoms with van der Waals surface area (Å²) in [7, 11) is 0. The van der Waals surface area contributed by atoms with E-state index in [4.69, 9.17) is 0 Å². The largest absolute Gasteiger partial charge is 0.0988 e. The fraction of sp³-hybridized carbons (Fsp3) is 0.600. The number of hydrogen-bond acceptors (Lipinski definition) is 0. The Morgan fingerprint density at radius 2 is 2.13 bits per heavy atom. The van der Waals surface area contributed by atoms with Gasteiger partial charge in [-0.25, -0.2) is 0 Å². The van der Waals surface area contributed by atoms with Crippen molar-refractivity contribution >= 4 is 0 Å². The standard InChI is InChI=1S/C15H24/c1-6-12(2)9-10-14-13(3)8-7-11-15(14,4)5/h6,9-10,13H,1,7-8,11H2,2-5H3. The predicted molar refractivity (Wildman–Crippen MR) is 68.8 cm³/mol. The normalized spacial score (nSPS) is 29.2. The van der Waals surface area contributed by atoms with Crippen LogP contribution in [0.1, 0.15) is 47.0 Å². The Morgan fingerprint density at radius 1 is 1.47 bits per heavy atom. The monoisotopic (exact) mass is 204 g/mol. The van der Waals surface area contributed by atoms with E-state index in [1.807, 2.05) is 6.08 Å². The molecule has 0 radical (unpaired) electrons. The molecular weight excluding hydrogens is 180 g/mol. The lowest BCUT2D eigenvalue weighted by Crippen LogP contribution is -2.24. The van der Waals surface area contributed by atoms with Crippen molar-refractivity contribution in [2.24, 2.45) is 11.3 Å². The maximum atomic E-state index is 3.78. The summed E-state index contributed by atoms with van der Waals surface area (Å²) in [6.07, 6.45) is 10.5. The summed E-state index contributed by atoms with van der Waals surface area (Å²) in [5.41, 5.74) is 3.24. The molecule has 1 fully saturated rings. The smallest absolute Gasteiger partial charge is 0.0139 e. The van der Waals surface area contributed by atoms with E-state index >= 15 is 0 Å². The third-order valence-corrected chi connectivity index (χ3v) is 3.60. The zero-order valence-electron chi connectivity index (χ0n) is 10.6. The molecule has 0 heteroatoms. The van der Waals surface area contributed by atoms with Crippen LogP contribution >= 0.6 is 0 Å². The van der Waals surface area contributed by atoms with Crippen LogP contribution in [0, 0.1) is 11.3 Å². The van der Waals surface area contributed by atoms with Gasteiger partial charge in [-0.1, -0.05) is 63.1 Å². The number of hydrogen-bond donors (Lipinski definition) is 0. The third kappa shape index (κ3) is 3.09. The van der Waals surface area contributed by atoms with Gasteiger partial charge >= 0.3 is 0 Å². The summed E-state index contributed by atoms with van der Waals surface area (Å²) in [6.45, 7) is 13.0. The van der Waals surface area contributed by atoms with Gasteiger partial charge in [0.15, 0.2) is 0 Å². The molecule has 0 amide bonds. The average molecular weight is 204 g/mol. The Bertz CT molecular complexity index is 289. The Labute approximate surface area is 94.8 Å². The van der Waals surface area contributed by atoms with E-state index in [2.05, 4.69) is 46.4 Å². The molecule has 1 atom stereocenters. The Hall–Kier alpha value is -0.780. The van der Waals surface area contributed by atoms with Crippen LogP contribution in [0.15, 0.2) is 36.0 Å². The first-order valence-corrected chi connectivity index (χ1v) is 5.99.